The molecule has 3 N–H and O–H groups in total. The van der Waals surface area contributed by atoms with Gasteiger partial charge in [-0.1, -0.05) is 12.8 Å². The van der Waals surface area contributed by atoms with Crippen molar-refractivity contribution in [3.05, 3.63) is 24.7 Å². The average Bonchev–Trinajstić information content (AvgIpc) is 2.81. The number of anilines is 1. The third kappa shape index (κ3) is 1.98. The molecule has 0 aromatic carbocycles. The van der Waals surface area contributed by atoms with Crippen LogP contribution in [0.15, 0.2) is 24.7 Å². The van der Waals surface area contributed by atoms with Crippen LogP contribution in [0.5, 0.6) is 0 Å². The van der Waals surface area contributed by atoms with E-state index in [-0.39, 0.29) is 6.04 Å². The van der Waals surface area contributed by atoms with Crippen LogP contribution >= 0.6 is 0 Å². The lowest BCUT2D eigenvalue weighted by atomic mass is 9.91. The van der Waals surface area contributed by atoms with E-state index >= 15 is 0 Å². The Morgan fingerprint density at radius 3 is 3.06 bits per heavy atom. The summed E-state index contributed by atoms with van der Waals surface area (Å²) < 4.78 is 1.82. The highest BCUT2D eigenvalue weighted by molar-refractivity contribution is 5.67. The van der Waals surface area contributed by atoms with E-state index in [1.807, 2.05) is 16.8 Å². The summed E-state index contributed by atoms with van der Waals surface area (Å²) in [6, 6.07) is 2.52. The Morgan fingerprint density at radius 2 is 2.18 bits per heavy atom. The van der Waals surface area contributed by atoms with Gasteiger partial charge in [-0.15, -0.1) is 0 Å². The maximum Gasteiger partial charge on any atom is 0.152 e. The summed E-state index contributed by atoms with van der Waals surface area (Å²) in [5.41, 5.74) is 7.14. The van der Waals surface area contributed by atoms with Crippen molar-refractivity contribution in [2.24, 2.45) is 5.73 Å². The molecule has 2 aromatic heterocycles. The van der Waals surface area contributed by atoms with Crippen molar-refractivity contribution in [3.8, 4) is 0 Å². The third-order valence-corrected chi connectivity index (χ3v) is 3.47. The van der Waals surface area contributed by atoms with Gasteiger partial charge in [0, 0.05) is 24.5 Å². The number of fused-ring (bicyclic) bond motifs is 1. The van der Waals surface area contributed by atoms with Crippen molar-refractivity contribution in [2.45, 2.75) is 37.8 Å². The summed E-state index contributed by atoms with van der Waals surface area (Å²) in [5, 5.41) is 7.66. The lowest BCUT2D eigenvalue weighted by Crippen LogP contribution is -2.42. The number of hydrogen-bond donors (Lipinski definition) is 2. The first-order valence-electron chi connectivity index (χ1n) is 6.15. The SMILES string of the molecule is N[C@@H]1CCCC[C@H]1Nc1nccn2nccc12. The van der Waals surface area contributed by atoms with Crippen LogP contribution in [0.1, 0.15) is 25.7 Å². The molecule has 0 spiro atoms. The minimum atomic E-state index is 0.230. The van der Waals surface area contributed by atoms with Crippen LogP contribution in [0, 0.1) is 0 Å². The Bertz CT molecular complexity index is 506. The van der Waals surface area contributed by atoms with E-state index < -0.39 is 0 Å². The van der Waals surface area contributed by atoms with E-state index in [1.54, 1.807) is 12.4 Å². The predicted molar refractivity (Wildman–Crippen MR) is 66.8 cm³/mol. The summed E-state index contributed by atoms with van der Waals surface area (Å²) in [5.74, 6) is 0.882. The van der Waals surface area contributed by atoms with Crippen LogP contribution < -0.4 is 11.1 Å². The molecule has 2 atom stereocenters. The van der Waals surface area contributed by atoms with Gasteiger partial charge in [-0.05, 0) is 18.9 Å². The molecule has 0 saturated heterocycles. The topological polar surface area (TPSA) is 68.2 Å². The minimum Gasteiger partial charge on any atom is -0.364 e. The molecule has 0 radical (unpaired) electrons. The molecule has 0 amide bonds. The number of aromatic nitrogens is 3. The van der Waals surface area contributed by atoms with Gasteiger partial charge in [-0.2, -0.15) is 5.10 Å². The van der Waals surface area contributed by atoms with Crippen molar-refractivity contribution in [1.82, 2.24) is 14.6 Å². The van der Waals surface area contributed by atoms with Crippen LogP contribution in [-0.2, 0) is 0 Å². The molecule has 17 heavy (non-hydrogen) atoms. The zero-order valence-electron chi connectivity index (χ0n) is 9.71. The van der Waals surface area contributed by atoms with Crippen LogP contribution in [0.3, 0.4) is 0 Å². The van der Waals surface area contributed by atoms with Crippen LogP contribution in [0.4, 0.5) is 5.82 Å². The minimum absolute atomic E-state index is 0.230. The van der Waals surface area contributed by atoms with Gasteiger partial charge in [-0.25, -0.2) is 9.50 Å². The lowest BCUT2D eigenvalue weighted by Gasteiger charge is -2.29. The largest absolute Gasteiger partial charge is 0.364 e. The lowest BCUT2D eigenvalue weighted by molar-refractivity contribution is 0.403. The molecular weight excluding hydrogens is 214 g/mol. The summed E-state index contributed by atoms with van der Waals surface area (Å²) >= 11 is 0. The van der Waals surface area contributed by atoms with Crippen LogP contribution in [0.2, 0.25) is 0 Å². The molecule has 0 bridgehead atoms. The Hall–Kier alpha value is -1.62. The van der Waals surface area contributed by atoms with E-state index in [9.17, 15) is 0 Å². The fraction of sp³-hybridized carbons (Fsp3) is 0.500. The fourth-order valence-electron chi connectivity index (χ4n) is 2.48. The van der Waals surface area contributed by atoms with E-state index in [1.165, 1.54) is 12.8 Å². The van der Waals surface area contributed by atoms with E-state index in [0.717, 1.165) is 24.2 Å². The number of nitrogens with zero attached hydrogens (tertiary/aromatic N) is 3. The quantitative estimate of drug-likeness (QED) is 0.820. The normalized spacial score (nSPS) is 25.0. The highest BCUT2D eigenvalue weighted by Gasteiger charge is 2.22. The van der Waals surface area contributed by atoms with E-state index in [0.29, 0.717) is 6.04 Å². The maximum atomic E-state index is 6.13. The first-order chi connectivity index (χ1) is 8.34. The third-order valence-electron chi connectivity index (χ3n) is 3.47. The number of hydrogen-bond acceptors (Lipinski definition) is 4. The van der Waals surface area contributed by atoms with Crippen molar-refractivity contribution >= 4 is 11.3 Å². The average molecular weight is 231 g/mol. The van der Waals surface area contributed by atoms with E-state index in [4.69, 9.17) is 5.73 Å². The van der Waals surface area contributed by atoms with Gasteiger partial charge in [0.15, 0.2) is 5.82 Å². The molecular formula is C12H17N5. The monoisotopic (exact) mass is 231 g/mol. The Morgan fingerprint density at radius 1 is 1.29 bits per heavy atom. The number of rotatable bonds is 2. The van der Waals surface area contributed by atoms with E-state index in [2.05, 4.69) is 15.4 Å². The molecule has 0 unspecified atom stereocenters. The molecule has 1 aliphatic carbocycles. The Balaban J connectivity index is 1.86. The van der Waals surface area contributed by atoms with Gasteiger partial charge in [-0.3, -0.25) is 0 Å². The number of nitrogens with one attached hydrogen (secondary N) is 1. The van der Waals surface area contributed by atoms with Crippen LogP contribution in [-0.4, -0.2) is 26.7 Å². The molecule has 2 aromatic rings. The van der Waals surface area contributed by atoms with Gasteiger partial charge in [0.25, 0.3) is 0 Å². The first-order valence-corrected chi connectivity index (χ1v) is 6.15. The van der Waals surface area contributed by atoms with Gasteiger partial charge >= 0.3 is 0 Å². The molecule has 5 heteroatoms. The van der Waals surface area contributed by atoms with Gasteiger partial charge in [0.2, 0.25) is 0 Å². The second-order valence-corrected chi connectivity index (χ2v) is 4.64. The molecule has 5 nitrogen and oxygen atoms in total. The van der Waals surface area contributed by atoms with Crippen molar-refractivity contribution in [1.29, 1.82) is 0 Å². The zero-order chi connectivity index (χ0) is 11.7. The molecule has 0 aliphatic heterocycles. The number of nitrogens with two attached hydrogens (primary N) is 1. The fourth-order valence-corrected chi connectivity index (χ4v) is 2.48. The predicted octanol–water partition coefficient (Wildman–Crippen LogP) is 1.41. The summed E-state index contributed by atoms with van der Waals surface area (Å²) in [4.78, 5) is 4.38. The first kappa shape index (κ1) is 10.5. The van der Waals surface area contributed by atoms with Crippen molar-refractivity contribution < 1.29 is 0 Å². The molecule has 3 rings (SSSR count). The Labute approximate surface area is 100 Å². The smallest absolute Gasteiger partial charge is 0.152 e. The second-order valence-electron chi connectivity index (χ2n) is 4.64. The molecule has 2 heterocycles. The van der Waals surface area contributed by atoms with Crippen molar-refractivity contribution in [3.63, 3.8) is 0 Å². The molecule has 1 fully saturated rings. The van der Waals surface area contributed by atoms with Crippen LogP contribution in [0.25, 0.3) is 5.52 Å². The standard InChI is InChI=1S/C12H17N5/c13-9-3-1-2-4-10(9)16-12-11-5-6-15-17(11)8-7-14-12/h5-10H,1-4,13H2,(H,14,16)/t9-,10-/m1/s1. The summed E-state index contributed by atoms with van der Waals surface area (Å²) in [6.45, 7) is 0. The zero-order valence-corrected chi connectivity index (χ0v) is 9.71. The maximum absolute atomic E-state index is 6.13. The van der Waals surface area contributed by atoms with Gasteiger partial charge in [0.05, 0.1) is 6.20 Å². The second kappa shape index (κ2) is 4.33. The summed E-state index contributed by atoms with van der Waals surface area (Å²) in [7, 11) is 0. The summed E-state index contributed by atoms with van der Waals surface area (Å²) in [6.07, 6.45) is 10.1. The molecule has 1 saturated carbocycles. The highest BCUT2D eigenvalue weighted by Crippen LogP contribution is 2.22. The highest BCUT2D eigenvalue weighted by atomic mass is 15.2. The van der Waals surface area contributed by atoms with Gasteiger partial charge < -0.3 is 11.1 Å². The Kier molecular flexibility index (Phi) is 2.68. The molecule has 1 aliphatic rings. The van der Waals surface area contributed by atoms with Gasteiger partial charge in [0.1, 0.15) is 5.52 Å². The molecule has 90 valence electrons. The van der Waals surface area contributed by atoms with Crippen molar-refractivity contribution in [2.75, 3.05) is 5.32 Å².